The van der Waals surface area contributed by atoms with Crippen molar-refractivity contribution in [1.82, 2.24) is 14.4 Å². The highest BCUT2D eigenvalue weighted by Gasteiger charge is 2.21. The summed E-state index contributed by atoms with van der Waals surface area (Å²) in [6.45, 7) is 0.979. The normalized spacial score (nSPS) is 14.5. The van der Waals surface area contributed by atoms with Crippen LogP contribution in [0.15, 0.2) is 42.9 Å². The van der Waals surface area contributed by atoms with Crippen LogP contribution < -0.4 is 11.1 Å². The Bertz CT molecular complexity index is 788. The number of nitrogens with zero attached hydrogens (tertiary/aromatic N) is 3. The third-order valence-electron chi connectivity index (χ3n) is 3.87. The minimum absolute atomic E-state index is 0.753. The van der Waals surface area contributed by atoms with E-state index in [9.17, 15) is 0 Å². The monoisotopic (exact) mass is 279 g/mol. The molecule has 1 aliphatic rings. The molecular weight excluding hydrogens is 262 g/mol. The van der Waals surface area contributed by atoms with E-state index in [-0.39, 0.29) is 0 Å². The molecule has 3 N–H and O–H groups in total. The van der Waals surface area contributed by atoms with Gasteiger partial charge in [-0.3, -0.25) is 4.40 Å². The van der Waals surface area contributed by atoms with Gasteiger partial charge in [0.2, 0.25) is 0 Å². The predicted octanol–water partition coefficient (Wildman–Crippen LogP) is 2.80. The largest absolute Gasteiger partial charge is 0.399 e. The Labute approximate surface area is 122 Å². The Morgan fingerprint density at radius 2 is 2.19 bits per heavy atom. The average molecular weight is 279 g/mol. The van der Waals surface area contributed by atoms with Crippen molar-refractivity contribution in [2.75, 3.05) is 17.6 Å². The molecule has 0 spiro atoms. The van der Waals surface area contributed by atoms with E-state index < -0.39 is 0 Å². The lowest BCUT2D eigenvalue weighted by atomic mass is 10.1. The first-order chi connectivity index (χ1) is 10.3. The number of aromatic nitrogens is 3. The summed E-state index contributed by atoms with van der Waals surface area (Å²) in [5, 5.41) is 3.41. The predicted molar refractivity (Wildman–Crippen MR) is 84.0 cm³/mol. The van der Waals surface area contributed by atoms with Gasteiger partial charge >= 0.3 is 0 Å². The highest BCUT2D eigenvalue weighted by Crippen LogP contribution is 2.30. The molecule has 2 heterocycles. The molecule has 0 saturated heterocycles. The molecule has 0 atom stereocenters. The molecule has 106 valence electrons. The maximum absolute atomic E-state index is 5.87. The second-order valence-electron chi connectivity index (χ2n) is 5.56. The van der Waals surface area contributed by atoms with Crippen molar-refractivity contribution in [1.29, 1.82) is 0 Å². The smallest absolute Gasteiger partial charge is 0.180 e. The van der Waals surface area contributed by atoms with Crippen LogP contribution in [-0.4, -0.2) is 20.9 Å². The molecule has 2 aromatic heterocycles. The summed E-state index contributed by atoms with van der Waals surface area (Å²) in [5.74, 6) is 1.65. The van der Waals surface area contributed by atoms with Gasteiger partial charge in [-0.05, 0) is 30.9 Å². The third kappa shape index (κ3) is 2.31. The van der Waals surface area contributed by atoms with E-state index in [1.54, 1.807) is 6.20 Å². The van der Waals surface area contributed by atoms with Gasteiger partial charge in [-0.15, -0.1) is 0 Å². The summed E-state index contributed by atoms with van der Waals surface area (Å²) >= 11 is 0. The summed E-state index contributed by atoms with van der Waals surface area (Å²) in [6, 6.07) is 7.84. The van der Waals surface area contributed by atoms with E-state index in [2.05, 4.69) is 19.7 Å². The van der Waals surface area contributed by atoms with E-state index in [0.717, 1.165) is 40.9 Å². The molecule has 0 unspecified atom stereocenters. The number of hydrogen-bond donors (Lipinski definition) is 2. The van der Waals surface area contributed by atoms with E-state index in [0.29, 0.717) is 0 Å². The van der Waals surface area contributed by atoms with Crippen molar-refractivity contribution in [3.63, 3.8) is 0 Å². The number of rotatable bonds is 4. The zero-order valence-corrected chi connectivity index (χ0v) is 11.7. The molecule has 0 aliphatic heterocycles. The second kappa shape index (κ2) is 4.77. The van der Waals surface area contributed by atoms with Crippen molar-refractivity contribution in [3.05, 3.63) is 42.9 Å². The van der Waals surface area contributed by atoms with Gasteiger partial charge in [0.25, 0.3) is 0 Å². The maximum atomic E-state index is 5.87. The second-order valence-corrected chi connectivity index (χ2v) is 5.56. The molecule has 21 heavy (non-hydrogen) atoms. The molecule has 0 bridgehead atoms. The van der Waals surface area contributed by atoms with Crippen LogP contribution in [0.2, 0.25) is 0 Å². The molecule has 1 aromatic carbocycles. The minimum Gasteiger partial charge on any atom is -0.399 e. The fourth-order valence-corrected chi connectivity index (χ4v) is 2.52. The molecular formula is C16H17N5. The van der Waals surface area contributed by atoms with Crippen LogP contribution in [0.4, 0.5) is 11.5 Å². The first kappa shape index (κ1) is 12.2. The minimum atomic E-state index is 0.753. The van der Waals surface area contributed by atoms with Crippen molar-refractivity contribution in [2.45, 2.75) is 12.8 Å². The van der Waals surface area contributed by atoms with Crippen LogP contribution in [0, 0.1) is 5.92 Å². The quantitative estimate of drug-likeness (QED) is 0.721. The van der Waals surface area contributed by atoms with Crippen LogP contribution in [-0.2, 0) is 0 Å². The maximum Gasteiger partial charge on any atom is 0.180 e. The van der Waals surface area contributed by atoms with Gasteiger partial charge in [0.05, 0.1) is 11.9 Å². The van der Waals surface area contributed by atoms with Crippen LogP contribution in [0.1, 0.15) is 12.8 Å². The van der Waals surface area contributed by atoms with Crippen molar-refractivity contribution in [3.8, 4) is 11.3 Å². The lowest BCUT2D eigenvalue weighted by Gasteiger charge is -2.07. The lowest BCUT2D eigenvalue weighted by molar-refractivity contribution is 0.881. The number of nitrogens with one attached hydrogen (secondary N) is 1. The van der Waals surface area contributed by atoms with E-state index in [1.807, 2.05) is 36.7 Å². The molecule has 5 nitrogen and oxygen atoms in total. The summed E-state index contributed by atoms with van der Waals surface area (Å²) in [5.41, 5.74) is 9.56. The summed E-state index contributed by atoms with van der Waals surface area (Å²) < 4.78 is 2.05. The SMILES string of the molecule is Nc1cccc(-c2cnc3c(NCC4CC4)nccn23)c1. The molecule has 5 heteroatoms. The molecule has 1 aliphatic carbocycles. The Morgan fingerprint density at radius 1 is 1.29 bits per heavy atom. The van der Waals surface area contributed by atoms with Crippen LogP contribution in [0.5, 0.6) is 0 Å². The van der Waals surface area contributed by atoms with Gasteiger partial charge in [0, 0.05) is 30.2 Å². The number of nitrogen functional groups attached to an aromatic ring is 1. The average Bonchev–Trinajstić information content (AvgIpc) is 3.22. The van der Waals surface area contributed by atoms with Crippen LogP contribution in [0.3, 0.4) is 0 Å². The molecule has 0 amide bonds. The topological polar surface area (TPSA) is 68.2 Å². The highest BCUT2D eigenvalue weighted by atomic mass is 15.1. The number of nitrogens with two attached hydrogens (primary N) is 1. The number of benzene rings is 1. The number of hydrogen-bond acceptors (Lipinski definition) is 4. The summed E-state index contributed by atoms with van der Waals surface area (Å²) in [4.78, 5) is 8.93. The lowest BCUT2D eigenvalue weighted by Crippen LogP contribution is -2.06. The Balaban J connectivity index is 1.75. The molecule has 1 saturated carbocycles. The van der Waals surface area contributed by atoms with Gasteiger partial charge in [-0.1, -0.05) is 12.1 Å². The first-order valence-corrected chi connectivity index (χ1v) is 7.23. The number of fused-ring (bicyclic) bond motifs is 1. The Kier molecular flexibility index (Phi) is 2.77. The van der Waals surface area contributed by atoms with E-state index in [1.165, 1.54) is 12.8 Å². The van der Waals surface area contributed by atoms with Crippen LogP contribution >= 0.6 is 0 Å². The number of anilines is 2. The molecule has 0 radical (unpaired) electrons. The van der Waals surface area contributed by atoms with Gasteiger partial charge < -0.3 is 11.1 Å². The number of imidazole rings is 1. The summed E-state index contributed by atoms with van der Waals surface area (Å²) in [7, 11) is 0. The van der Waals surface area contributed by atoms with Gasteiger partial charge in [0.1, 0.15) is 0 Å². The standard InChI is InChI=1S/C16H17N5/c17-13-3-1-2-12(8-13)14-10-20-16-15(18-6-7-21(14)16)19-9-11-4-5-11/h1-3,6-8,10-11H,4-5,9,17H2,(H,18,19). The van der Waals surface area contributed by atoms with Crippen molar-refractivity contribution < 1.29 is 0 Å². The van der Waals surface area contributed by atoms with Crippen molar-refractivity contribution in [2.24, 2.45) is 5.92 Å². The fourth-order valence-electron chi connectivity index (χ4n) is 2.52. The summed E-state index contributed by atoms with van der Waals surface area (Å²) in [6.07, 6.45) is 8.25. The van der Waals surface area contributed by atoms with Gasteiger partial charge in [-0.25, -0.2) is 9.97 Å². The molecule has 1 fully saturated rings. The Hall–Kier alpha value is -2.56. The van der Waals surface area contributed by atoms with Gasteiger partial charge in [-0.2, -0.15) is 0 Å². The fraction of sp³-hybridized carbons (Fsp3) is 0.250. The highest BCUT2D eigenvalue weighted by molar-refractivity contribution is 5.72. The van der Waals surface area contributed by atoms with E-state index >= 15 is 0 Å². The molecule has 4 rings (SSSR count). The van der Waals surface area contributed by atoms with E-state index in [4.69, 9.17) is 5.73 Å². The van der Waals surface area contributed by atoms with Gasteiger partial charge in [0.15, 0.2) is 11.5 Å². The third-order valence-corrected chi connectivity index (χ3v) is 3.87. The zero-order valence-electron chi connectivity index (χ0n) is 11.7. The zero-order chi connectivity index (χ0) is 14.2. The molecule has 3 aromatic rings. The van der Waals surface area contributed by atoms with Crippen LogP contribution in [0.25, 0.3) is 16.9 Å². The Morgan fingerprint density at radius 3 is 3.00 bits per heavy atom. The van der Waals surface area contributed by atoms with Crippen molar-refractivity contribution >= 4 is 17.2 Å². The first-order valence-electron chi connectivity index (χ1n) is 7.23.